The second-order valence-corrected chi connectivity index (χ2v) is 4.70. The van der Waals surface area contributed by atoms with Gasteiger partial charge < -0.3 is 9.47 Å². The van der Waals surface area contributed by atoms with Crippen LogP contribution < -0.4 is 9.47 Å². The van der Waals surface area contributed by atoms with Crippen molar-refractivity contribution < 1.29 is 18.8 Å². The van der Waals surface area contributed by atoms with Gasteiger partial charge in [-0.25, -0.2) is 4.39 Å². The summed E-state index contributed by atoms with van der Waals surface area (Å²) in [5.74, 6) is -0.0213. The Balaban J connectivity index is 2.65. The van der Waals surface area contributed by atoms with Crippen LogP contribution in [0.4, 0.5) is 10.1 Å². The number of rotatable bonds is 5. The summed E-state index contributed by atoms with van der Waals surface area (Å²) in [5.41, 5.74) is 0.307. The number of hydrogen-bond acceptors (Lipinski definition) is 5. The third-order valence-corrected chi connectivity index (χ3v) is 3.29. The van der Waals surface area contributed by atoms with E-state index in [-0.39, 0.29) is 28.3 Å². The summed E-state index contributed by atoms with van der Waals surface area (Å²) < 4.78 is 23.5. The fraction of sp³-hybridized carbons (Fsp3) is 0.118. The molecule has 0 bridgehead atoms. The Morgan fingerprint density at radius 2 is 1.92 bits per heavy atom. The van der Waals surface area contributed by atoms with Gasteiger partial charge in [0.1, 0.15) is 5.82 Å². The highest BCUT2D eigenvalue weighted by Crippen LogP contribution is 2.36. The molecule has 0 N–H and O–H groups in total. The zero-order valence-electron chi connectivity index (χ0n) is 12.9. The van der Waals surface area contributed by atoms with Crippen molar-refractivity contribution in [2.45, 2.75) is 0 Å². The molecule has 0 atom stereocenters. The number of nitriles is 1. The molecule has 0 fully saturated rings. The number of allylic oxidation sites excluding steroid dienone is 1. The van der Waals surface area contributed by atoms with E-state index in [0.29, 0.717) is 5.56 Å². The Hall–Kier alpha value is -3.40. The van der Waals surface area contributed by atoms with Crippen molar-refractivity contribution in [1.29, 1.82) is 5.26 Å². The monoisotopic (exact) mass is 328 g/mol. The topological polar surface area (TPSA) is 85.4 Å². The third-order valence-electron chi connectivity index (χ3n) is 3.29. The molecular formula is C17H13FN2O4. The normalized spacial score (nSPS) is 10.8. The Labute approximate surface area is 137 Å². The highest BCUT2D eigenvalue weighted by atomic mass is 19.1. The van der Waals surface area contributed by atoms with E-state index < -0.39 is 10.7 Å². The average Bonchev–Trinajstić information content (AvgIpc) is 2.58. The van der Waals surface area contributed by atoms with Crippen molar-refractivity contribution in [3.8, 4) is 17.6 Å². The first-order valence-electron chi connectivity index (χ1n) is 6.78. The number of ether oxygens (including phenoxy) is 2. The van der Waals surface area contributed by atoms with Gasteiger partial charge in [-0.05, 0) is 29.8 Å². The van der Waals surface area contributed by atoms with E-state index in [4.69, 9.17) is 9.47 Å². The third kappa shape index (κ3) is 3.50. The summed E-state index contributed by atoms with van der Waals surface area (Å²) in [5, 5.41) is 20.6. The lowest BCUT2D eigenvalue weighted by Crippen LogP contribution is -1.97. The number of methoxy groups -OCH3 is 2. The van der Waals surface area contributed by atoms with Crippen molar-refractivity contribution in [3.63, 3.8) is 0 Å². The fourth-order valence-corrected chi connectivity index (χ4v) is 2.15. The van der Waals surface area contributed by atoms with Crippen molar-refractivity contribution in [2.75, 3.05) is 14.2 Å². The number of nitro groups is 1. The first kappa shape index (κ1) is 17.0. The summed E-state index contributed by atoms with van der Waals surface area (Å²) in [6.45, 7) is 0. The molecule has 0 aromatic heterocycles. The number of benzene rings is 2. The molecule has 2 aromatic carbocycles. The van der Waals surface area contributed by atoms with Gasteiger partial charge in [0.2, 0.25) is 0 Å². The molecule has 122 valence electrons. The highest BCUT2D eigenvalue weighted by molar-refractivity contribution is 5.91. The second kappa shape index (κ2) is 7.24. The smallest absolute Gasteiger partial charge is 0.280 e. The van der Waals surface area contributed by atoms with Crippen molar-refractivity contribution in [3.05, 3.63) is 63.5 Å². The van der Waals surface area contributed by atoms with E-state index in [2.05, 4.69) is 0 Å². The lowest BCUT2D eigenvalue weighted by molar-refractivity contribution is -0.385. The van der Waals surface area contributed by atoms with Gasteiger partial charge in [0.15, 0.2) is 11.5 Å². The average molecular weight is 328 g/mol. The van der Waals surface area contributed by atoms with Crippen molar-refractivity contribution in [2.24, 2.45) is 0 Å². The Morgan fingerprint density at radius 3 is 2.46 bits per heavy atom. The molecule has 24 heavy (non-hydrogen) atoms. The van der Waals surface area contributed by atoms with E-state index >= 15 is 0 Å². The predicted octanol–water partition coefficient (Wildman–Crippen LogP) is 3.82. The Bertz CT molecular complexity index is 856. The molecular weight excluding hydrogens is 315 g/mol. The zero-order chi connectivity index (χ0) is 17.7. The molecule has 0 aliphatic heterocycles. The van der Waals surface area contributed by atoms with Crippen LogP contribution in [0.1, 0.15) is 11.1 Å². The van der Waals surface area contributed by atoms with Crippen LogP contribution in [0.3, 0.4) is 0 Å². The van der Waals surface area contributed by atoms with Gasteiger partial charge >= 0.3 is 0 Å². The van der Waals surface area contributed by atoms with Gasteiger partial charge in [0.05, 0.1) is 42.4 Å². The highest BCUT2D eigenvalue weighted by Gasteiger charge is 2.19. The van der Waals surface area contributed by atoms with Gasteiger partial charge in [-0.15, -0.1) is 0 Å². The number of nitro benzene ring substituents is 1. The Kier molecular flexibility index (Phi) is 5.12. The SMILES string of the molecule is COc1cc(C=C(C#N)c2cccc(F)c2)c([N+](=O)[O-])cc1OC. The molecule has 0 unspecified atom stereocenters. The molecule has 0 amide bonds. The molecule has 2 aromatic rings. The van der Waals surface area contributed by atoms with Crippen LogP contribution in [0.5, 0.6) is 11.5 Å². The van der Waals surface area contributed by atoms with Crippen LogP contribution in [-0.2, 0) is 0 Å². The first-order valence-corrected chi connectivity index (χ1v) is 6.78. The van der Waals surface area contributed by atoms with Gasteiger partial charge in [0, 0.05) is 0 Å². The van der Waals surface area contributed by atoms with E-state index in [1.807, 2.05) is 6.07 Å². The molecule has 0 radical (unpaired) electrons. The summed E-state index contributed by atoms with van der Waals surface area (Å²) in [6.07, 6.45) is 1.31. The van der Waals surface area contributed by atoms with Crippen LogP contribution in [0.15, 0.2) is 36.4 Å². The van der Waals surface area contributed by atoms with Crippen LogP contribution in [-0.4, -0.2) is 19.1 Å². The minimum absolute atomic E-state index is 0.0878. The molecule has 0 saturated carbocycles. The van der Waals surface area contributed by atoms with Crippen LogP contribution >= 0.6 is 0 Å². The second-order valence-electron chi connectivity index (χ2n) is 4.70. The molecule has 0 aliphatic carbocycles. The summed E-state index contributed by atoms with van der Waals surface area (Å²) in [4.78, 5) is 10.7. The van der Waals surface area contributed by atoms with Crippen molar-refractivity contribution >= 4 is 17.3 Å². The standard InChI is InChI=1S/C17H13FN2O4/c1-23-16-8-12(15(20(21)22)9-17(16)24-2)6-13(10-19)11-4-3-5-14(18)7-11/h3-9H,1-2H3. The predicted molar refractivity (Wildman–Crippen MR) is 86.1 cm³/mol. The lowest BCUT2D eigenvalue weighted by atomic mass is 10.0. The maximum atomic E-state index is 13.3. The van der Waals surface area contributed by atoms with Crippen molar-refractivity contribution in [1.82, 2.24) is 0 Å². The van der Waals surface area contributed by atoms with Gasteiger partial charge in [0.25, 0.3) is 5.69 Å². The van der Waals surface area contributed by atoms with Gasteiger partial charge in [-0.2, -0.15) is 5.26 Å². The lowest BCUT2D eigenvalue weighted by Gasteiger charge is -2.09. The van der Waals surface area contributed by atoms with E-state index in [9.17, 15) is 19.8 Å². The molecule has 6 nitrogen and oxygen atoms in total. The first-order chi connectivity index (χ1) is 11.5. The number of halogens is 1. The molecule has 0 aliphatic rings. The van der Waals surface area contributed by atoms with Gasteiger partial charge in [-0.3, -0.25) is 10.1 Å². The summed E-state index contributed by atoms with van der Waals surface area (Å²) in [6, 6.07) is 9.97. The molecule has 0 heterocycles. The largest absolute Gasteiger partial charge is 0.493 e. The van der Waals surface area contributed by atoms with E-state index in [1.165, 1.54) is 50.6 Å². The van der Waals surface area contributed by atoms with Crippen LogP contribution in [0, 0.1) is 27.3 Å². The molecule has 0 saturated heterocycles. The number of hydrogen-bond donors (Lipinski definition) is 0. The van der Waals surface area contributed by atoms with Crippen LogP contribution in [0.25, 0.3) is 11.6 Å². The van der Waals surface area contributed by atoms with E-state index in [0.717, 1.165) is 0 Å². The maximum absolute atomic E-state index is 13.3. The number of nitrogens with zero attached hydrogens (tertiary/aromatic N) is 2. The molecule has 2 rings (SSSR count). The van der Waals surface area contributed by atoms with Crippen LogP contribution in [0.2, 0.25) is 0 Å². The molecule has 7 heteroatoms. The Morgan fingerprint density at radius 1 is 1.25 bits per heavy atom. The zero-order valence-corrected chi connectivity index (χ0v) is 12.9. The quantitative estimate of drug-likeness (QED) is 0.360. The summed E-state index contributed by atoms with van der Waals surface area (Å²) >= 11 is 0. The minimum Gasteiger partial charge on any atom is -0.493 e. The summed E-state index contributed by atoms with van der Waals surface area (Å²) in [7, 11) is 2.76. The van der Waals surface area contributed by atoms with E-state index in [1.54, 1.807) is 6.07 Å². The maximum Gasteiger partial charge on any atom is 0.280 e. The fourth-order valence-electron chi connectivity index (χ4n) is 2.15. The minimum atomic E-state index is -0.589. The van der Waals surface area contributed by atoms with Gasteiger partial charge in [-0.1, -0.05) is 12.1 Å². The molecule has 0 spiro atoms.